The molecule has 0 aliphatic rings. The summed E-state index contributed by atoms with van der Waals surface area (Å²) in [6.45, 7) is 4.03. The second kappa shape index (κ2) is 5.04. The van der Waals surface area contributed by atoms with Crippen molar-refractivity contribution in [3.8, 4) is 11.1 Å². The molecule has 102 valence electrons. The molecule has 2 heterocycles. The molecule has 0 atom stereocenters. The molecule has 0 N–H and O–H groups in total. The summed E-state index contributed by atoms with van der Waals surface area (Å²) < 4.78 is 1.53. The summed E-state index contributed by atoms with van der Waals surface area (Å²) in [5, 5.41) is 5.14. The van der Waals surface area contributed by atoms with Gasteiger partial charge in [0.1, 0.15) is 10.3 Å². The molecule has 1 aromatic carbocycles. The number of benzene rings is 1. The number of fused-ring (bicyclic) bond motifs is 1. The van der Waals surface area contributed by atoms with Gasteiger partial charge in [-0.15, -0.1) is 5.10 Å². The molecule has 0 spiro atoms. The molecule has 0 fully saturated rings. The smallest absolute Gasteiger partial charge is 0.198 e. The third kappa shape index (κ3) is 2.15. The van der Waals surface area contributed by atoms with Crippen LogP contribution in [0, 0.1) is 0 Å². The summed E-state index contributed by atoms with van der Waals surface area (Å²) in [7, 11) is 0. The van der Waals surface area contributed by atoms with Crippen molar-refractivity contribution in [2.45, 2.75) is 19.8 Å². The van der Waals surface area contributed by atoms with Crippen LogP contribution < -0.4 is 0 Å². The summed E-state index contributed by atoms with van der Waals surface area (Å²) >= 11 is 12.7. The number of hydrogen-bond donors (Lipinski definition) is 0. The van der Waals surface area contributed by atoms with Gasteiger partial charge in [-0.3, -0.25) is 0 Å². The van der Waals surface area contributed by atoms with Crippen LogP contribution in [0.25, 0.3) is 16.9 Å². The minimum Gasteiger partial charge on any atom is -0.198 e. The maximum atomic E-state index is 6.44. The lowest BCUT2D eigenvalue weighted by molar-refractivity contribution is 0.765. The van der Waals surface area contributed by atoms with Crippen molar-refractivity contribution in [2.24, 2.45) is 0 Å². The minimum absolute atomic E-state index is 0.201. The van der Waals surface area contributed by atoms with Crippen molar-refractivity contribution in [3.05, 3.63) is 46.5 Å². The molecule has 4 nitrogen and oxygen atoms in total. The largest absolute Gasteiger partial charge is 0.255 e. The van der Waals surface area contributed by atoms with E-state index < -0.39 is 0 Å². The van der Waals surface area contributed by atoms with E-state index in [4.69, 9.17) is 23.2 Å². The highest BCUT2D eigenvalue weighted by Crippen LogP contribution is 2.33. The van der Waals surface area contributed by atoms with Gasteiger partial charge in [-0.05, 0) is 5.56 Å². The highest BCUT2D eigenvalue weighted by molar-refractivity contribution is 6.38. The van der Waals surface area contributed by atoms with Crippen LogP contribution in [0.5, 0.6) is 0 Å². The number of hydrogen-bond acceptors (Lipinski definition) is 3. The van der Waals surface area contributed by atoms with Crippen LogP contribution in [0.4, 0.5) is 0 Å². The molecule has 3 aromatic rings. The molecular weight excluding hydrogens is 295 g/mol. The van der Waals surface area contributed by atoms with Crippen molar-refractivity contribution < 1.29 is 0 Å². The van der Waals surface area contributed by atoms with Gasteiger partial charge in [-0.25, -0.2) is 0 Å². The molecule has 2 aromatic heterocycles. The fourth-order valence-corrected chi connectivity index (χ4v) is 2.58. The Hall–Kier alpha value is -1.65. The van der Waals surface area contributed by atoms with Gasteiger partial charge in [-0.1, -0.05) is 67.4 Å². The van der Waals surface area contributed by atoms with Gasteiger partial charge >= 0.3 is 0 Å². The molecule has 0 saturated heterocycles. The molecule has 20 heavy (non-hydrogen) atoms. The van der Waals surface area contributed by atoms with Crippen LogP contribution in [-0.2, 0) is 0 Å². The van der Waals surface area contributed by atoms with Gasteiger partial charge in [0.2, 0.25) is 0 Å². The quantitative estimate of drug-likeness (QED) is 0.666. The van der Waals surface area contributed by atoms with Gasteiger partial charge < -0.3 is 0 Å². The Morgan fingerprint density at radius 1 is 1.05 bits per heavy atom. The molecule has 3 rings (SSSR count). The van der Waals surface area contributed by atoms with Gasteiger partial charge in [0.25, 0.3) is 5.78 Å². The molecule has 0 bridgehead atoms. The van der Waals surface area contributed by atoms with E-state index in [2.05, 4.69) is 15.1 Å². The Morgan fingerprint density at radius 2 is 1.75 bits per heavy atom. The predicted octanol–water partition coefficient (Wildman–Crippen LogP) is 4.22. The Labute approximate surface area is 126 Å². The standard InChI is InChI=1S/C14H12Cl2N4/c1-8(2)13-18-14-17-11(15)10(12(16)20(14)19-13)9-6-4-3-5-7-9/h3-8H,1-2H3. The van der Waals surface area contributed by atoms with Crippen LogP contribution in [0.1, 0.15) is 25.6 Å². The van der Waals surface area contributed by atoms with Gasteiger partial charge in [0.15, 0.2) is 5.82 Å². The normalized spacial score (nSPS) is 11.4. The summed E-state index contributed by atoms with van der Waals surface area (Å²) in [6.07, 6.45) is 0. The van der Waals surface area contributed by atoms with E-state index in [1.807, 2.05) is 44.2 Å². The summed E-state index contributed by atoms with van der Waals surface area (Å²) in [5.74, 6) is 1.32. The Bertz CT molecular complexity index is 766. The third-order valence-electron chi connectivity index (χ3n) is 2.98. The SMILES string of the molecule is CC(C)c1nc2nc(Cl)c(-c3ccccc3)c(Cl)n2n1. The van der Waals surface area contributed by atoms with Crippen LogP contribution in [0.3, 0.4) is 0 Å². The zero-order valence-corrected chi connectivity index (χ0v) is 12.5. The zero-order valence-electron chi connectivity index (χ0n) is 11.0. The molecule has 0 radical (unpaired) electrons. The van der Waals surface area contributed by atoms with Gasteiger partial charge in [0.05, 0.1) is 5.56 Å². The van der Waals surface area contributed by atoms with Crippen molar-refractivity contribution in [3.63, 3.8) is 0 Å². The van der Waals surface area contributed by atoms with Crippen molar-refractivity contribution in [1.29, 1.82) is 0 Å². The van der Waals surface area contributed by atoms with Crippen LogP contribution in [0.15, 0.2) is 30.3 Å². The van der Waals surface area contributed by atoms with E-state index in [1.165, 1.54) is 4.52 Å². The highest BCUT2D eigenvalue weighted by Gasteiger charge is 2.18. The molecule has 6 heteroatoms. The lowest BCUT2D eigenvalue weighted by Crippen LogP contribution is -1.97. The van der Waals surface area contributed by atoms with Crippen LogP contribution in [-0.4, -0.2) is 19.6 Å². The van der Waals surface area contributed by atoms with E-state index >= 15 is 0 Å². The van der Waals surface area contributed by atoms with Crippen molar-refractivity contribution in [1.82, 2.24) is 19.6 Å². The number of halogens is 2. The van der Waals surface area contributed by atoms with Crippen LogP contribution in [0.2, 0.25) is 10.3 Å². The molecule has 0 saturated carbocycles. The summed E-state index contributed by atoms with van der Waals surface area (Å²) in [4.78, 5) is 8.63. The first-order chi connectivity index (χ1) is 9.58. The van der Waals surface area contributed by atoms with Crippen LogP contribution >= 0.6 is 23.2 Å². The lowest BCUT2D eigenvalue weighted by atomic mass is 10.1. The van der Waals surface area contributed by atoms with E-state index in [0.717, 1.165) is 5.56 Å². The first kappa shape index (κ1) is 13.3. The lowest BCUT2D eigenvalue weighted by Gasteiger charge is -2.07. The van der Waals surface area contributed by atoms with Crippen molar-refractivity contribution in [2.75, 3.05) is 0 Å². The topological polar surface area (TPSA) is 43.1 Å². The fourth-order valence-electron chi connectivity index (χ4n) is 1.95. The van der Waals surface area contributed by atoms with E-state index in [1.54, 1.807) is 0 Å². The monoisotopic (exact) mass is 306 g/mol. The average molecular weight is 307 g/mol. The predicted molar refractivity (Wildman–Crippen MR) is 80.3 cm³/mol. The molecule has 0 aliphatic heterocycles. The zero-order chi connectivity index (χ0) is 14.3. The highest BCUT2D eigenvalue weighted by atomic mass is 35.5. The van der Waals surface area contributed by atoms with E-state index in [9.17, 15) is 0 Å². The van der Waals surface area contributed by atoms with Gasteiger partial charge in [-0.2, -0.15) is 14.5 Å². The van der Waals surface area contributed by atoms with E-state index in [-0.39, 0.29) is 5.92 Å². The van der Waals surface area contributed by atoms with Gasteiger partial charge in [0, 0.05) is 5.92 Å². The maximum absolute atomic E-state index is 6.44. The molecular formula is C14H12Cl2N4. The minimum atomic E-state index is 0.201. The molecule has 0 aliphatic carbocycles. The third-order valence-corrected chi connectivity index (χ3v) is 3.60. The fraction of sp³-hybridized carbons (Fsp3) is 0.214. The summed E-state index contributed by atoms with van der Waals surface area (Å²) in [6, 6.07) is 9.64. The molecule has 0 amide bonds. The maximum Gasteiger partial charge on any atom is 0.255 e. The number of aromatic nitrogens is 4. The number of nitrogens with zero attached hydrogens (tertiary/aromatic N) is 4. The summed E-state index contributed by atoms with van der Waals surface area (Å²) in [5.41, 5.74) is 1.57. The van der Waals surface area contributed by atoms with Crippen molar-refractivity contribution >= 4 is 29.0 Å². The first-order valence-corrected chi connectivity index (χ1v) is 7.00. The second-order valence-corrected chi connectivity index (χ2v) is 5.49. The Morgan fingerprint density at radius 3 is 2.40 bits per heavy atom. The number of rotatable bonds is 2. The Kier molecular flexibility index (Phi) is 3.36. The first-order valence-electron chi connectivity index (χ1n) is 6.25. The molecule has 0 unspecified atom stereocenters. The van der Waals surface area contributed by atoms with E-state index in [0.29, 0.717) is 27.5 Å². The Balaban J connectivity index is 2.29. The second-order valence-electron chi connectivity index (χ2n) is 4.77. The average Bonchev–Trinajstić information content (AvgIpc) is 2.84.